The SMILES string of the molecule is [C-]#[N+]/C(=C/C1CC1)C(=O)N1CCC[C@@H]1Cn1nc(-c2ccc(Oc3cc(F)cc(F)c3)cc2)c2c(N)ncnc21. The summed E-state index contributed by atoms with van der Waals surface area (Å²) in [5.74, 6) is -0.666. The number of nitrogens with zero attached hydrogens (tertiary/aromatic N) is 6. The van der Waals surface area contributed by atoms with E-state index in [-0.39, 0.29) is 29.2 Å². The van der Waals surface area contributed by atoms with E-state index in [4.69, 9.17) is 22.1 Å². The molecule has 1 amide bonds. The maximum atomic E-state index is 13.5. The first kappa shape index (κ1) is 25.4. The van der Waals surface area contributed by atoms with Crippen LogP contribution in [-0.2, 0) is 11.3 Å². The molecular formula is C29H25F2N7O2. The van der Waals surface area contributed by atoms with Crippen LogP contribution in [0.25, 0.3) is 27.1 Å². The van der Waals surface area contributed by atoms with Gasteiger partial charge in [0.1, 0.15) is 41.0 Å². The number of carbonyl (C=O) groups excluding carboxylic acids is 1. The molecule has 6 rings (SSSR count). The number of benzene rings is 2. The predicted octanol–water partition coefficient (Wildman–Crippen LogP) is 5.35. The maximum Gasteiger partial charge on any atom is 0.252 e. The van der Waals surface area contributed by atoms with E-state index in [1.165, 1.54) is 6.33 Å². The first-order chi connectivity index (χ1) is 19.4. The predicted molar refractivity (Wildman–Crippen MR) is 144 cm³/mol. The van der Waals surface area contributed by atoms with E-state index < -0.39 is 11.6 Å². The molecule has 4 aromatic rings. The maximum absolute atomic E-state index is 13.5. The minimum atomic E-state index is -0.731. The van der Waals surface area contributed by atoms with E-state index >= 15 is 0 Å². The summed E-state index contributed by atoms with van der Waals surface area (Å²) in [6, 6.07) is 9.69. The van der Waals surface area contributed by atoms with Crippen LogP contribution in [0.2, 0.25) is 0 Å². The summed E-state index contributed by atoms with van der Waals surface area (Å²) >= 11 is 0. The fourth-order valence-electron chi connectivity index (χ4n) is 5.05. The number of rotatable bonds is 7. The van der Waals surface area contributed by atoms with Gasteiger partial charge in [-0.1, -0.05) is 6.08 Å². The van der Waals surface area contributed by atoms with Crippen molar-refractivity contribution < 1.29 is 18.3 Å². The van der Waals surface area contributed by atoms with Crippen molar-refractivity contribution >= 4 is 22.8 Å². The highest BCUT2D eigenvalue weighted by Gasteiger charge is 2.33. The lowest BCUT2D eigenvalue weighted by Crippen LogP contribution is -2.38. The van der Waals surface area contributed by atoms with Crippen molar-refractivity contribution in [3.05, 3.63) is 83.6 Å². The second-order valence-corrected chi connectivity index (χ2v) is 10.0. The Morgan fingerprint density at radius 1 is 1.10 bits per heavy atom. The van der Waals surface area contributed by atoms with Gasteiger partial charge in [-0.25, -0.2) is 28.3 Å². The number of amides is 1. The monoisotopic (exact) mass is 541 g/mol. The van der Waals surface area contributed by atoms with Gasteiger partial charge in [-0.3, -0.25) is 4.79 Å². The van der Waals surface area contributed by atoms with Crippen LogP contribution in [0.3, 0.4) is 0 Å². The molecule has 1 saturated carbocycles. The molecule has 2 aromatic carbocycles. The number of nitrogen functional groups attached to an aromatic ring is 1. The zero-order valence-corrected chi connectivity index (χ0v) is 21.4. The Morgan fingerprint density at radius 3 is 2.55 bits per heavy atom. The van der Waals surface area contributed by atoms with E-state index in [0.717, 1.165) is 43.9 Å². The highest BCUT2D eigenvalue weighted by atomic mass is 19.1. The molecule has 0 bridgehead atoms. The van der Waals surface area contributed by atoms with Gasteiger partial charge in [0.2, 0.25) is 5.70 Å². The Labute approximate surface area is 228 Å². The highest BCUT2D eigenvalue weighted by molar-refractivity contribution is 5.98. The minimum absolute atomic E-state index is 0.0432. The lowest BCUT2D eigenvalue weighted by Gasteiger charge is -2.24. The Morgan fingerprint density at radius 2 is 1.85 bits per heavy atom. The first-order valence-corrected chi connectivity index (χ1v) is 13.0. The van der Waals surface area contributed by atoms with Crippen LogP contribution in [0.15, 0.2) is 60.6 Å². The molecule has 1 atom stereocenters. The van der Waals surface area contributed by atoms with Crippen LogP contribution in [0, 0.1) is 24.1 Å². The van der Waals surface area contributed by atoms with Gasteiger partial charge in [0.15, 0.2) is 5.65 Å². The van der Waals surface area contributed by atoms with E-state index in [2.05, 4.69) is 14.8 Å². The molecule has 202 valence electrons. The normalized spacial score (nSPS) is 17.3. The van der Waals surface area contributed by atoms with Crippen molar-refractivity contribution in [1.29, 1.82) is 0 Å². The number of ether oxygens (including phenoxy) is 1. The minimum Gasteiger partial charge on any atom is -0.457 e. The standard InChI is InChI=1S/C29H25F2N7O2/c1-33-24(11-17-4-5-17)29(39)37-10-2-3-21(37)15-38-28-25(27(32)34-16-35-28)26(36-38)18-6-8-22(9-7-18)40-23-13-19(30)12-20(31)14-23/h6-9,11-14,16-17,21H,2-5,10,15H2,(H2,32,34,35)/b24-11+/t21-/m1/s1. The van der Waals surface area contributed by atoms with E-state index in [1.54, 1.807) is 39.9 Å². The van der Waals surface area contributed by atoms with Crippen LogP contribution in [0.4, 0.5) is 14.6 Å². The number of anilines is 1. The Kier molecular flexibility index (Phi) is 6.59. The number of carbonyl (C=O) groups is 1. The van der Waals surface area contributed by atoms with E-state index in [1.807, 2.05) is 0 Å². The lowest BCUT2D eigenvalue weighted by molar-refractivity contribution is -0.127. The number of hydrogen-bond acceptors (Lipinski definition) is 6. The van der Waals surface area contributed by atoms with Gasteiger partial charge in [0.05, 0.1) is 24.5 Å². The van der Waals surface area contributed by atoms with Crippen LogP contribution in [0.5, 0.6) is 11.5 Å². The smallest absolute Gasteiger partial charge is 0.252 e. The number of likely N-dealkylation sites (tertiary alicyclic amines) is 1. The van der Waals surface area contributed by atoms with Gasteiger partial charge in [-0.15, -0.1) is 0 Å². The molecule has 2 N–H and O–H groups in total. The molecule has 40 heavy (non-hydrogen) atoms. The van der Waals surface area contributed by atoms with Crippen LogP contribution >= 0.6 is 0 Å². The van der Waals surface area contributed by atoms with Crippen LogP contribution in [-0.4, -0.2) is 43.1 Å². The molecule has 11 heteroatoms. The van der Waals surface area contributed by atoms with Gasteiger partial charge in [-0.2, -0.15) is 5.10 Å². The van der Waals surface area contributed by atoms with Crippen molar-refractivity contribution in [2.24, 2.45) is 5.92 Å². The molecule has 1 aliphatic heterocycles. The van der Waals surface area contributed by atoms with Crippen molar-refractivity contribution in [1.82, 2.24) is 24.6 Å². The summed E-state index contributed by atoms with van der Waals surface area (Å²) in [4.78, 5) is 27.1. The molecular weight excluding hydrogens is 516 g/mol. The van der Waals surface area contributed by atoms with Crippen molar-refractivity contribution in [2.75, 3.05) is 12.3 Å². The van der Waals surface area contributed by atoms with Crippen LogP contribution < -0.4 is 10.5 Å². The number of halogens is 2. The molecule has 0 spiro atoms. The molecule has 2 aromatic heterocycles. The van der Waals surface area contributed by atoms with Crippen molar-refractivity contribution in [3.8, 4) is 22.8 Å². The fourth-order valence-corrected chi connectivity index (χ4v) is 5.05. The number of allylic oxidation sites excluding steroid dienone is 1. The van der Waals surface area contributed by atoms with E-state index in [0.29, 0.717) is 47.0 Å². The Balaban J connectivity index is 1.28. The summed E-state index contributed by atoms with van der Waals surface area (Å²) in [6.07, 6.45) is 6.85. The van der Waals surface area contributed by atoms with Crippen LogP contribution in [0.1, 0.15) is 25.7 Å². The molecule has 0 radical (unpaired) electrons. The zero-order valence-electron chi connectivity index (χ0n) is 21.4. The number of aromatic nitrogens is 4. The Hall–Kier alpha value is -4.85. The van der Waals surface area contributed by atoms with Gasteiger partial charge in [-0.05, 0) is 55.9 Å². The van der Waals surface area contributed by atoms with Gasteiger partial charge < -0.3 is 15.4 Å². The summed E-state index contributed by atoms with van der Waals surface area (Å²) in [5, 5.41) is 5.40. The molecule has 3 heterocycles. The quantitative estimate of drug-likeness (QED) is 0.250. The number of hydrogen-bond donors (Lipinski definition) is 1. The lowest BCUT2D eigenvalue weighted by atomic mass is 10.1. The van der Waals surface area contributed by atoms with E-state index in [9.17, 15) is 13.6 Å². The molecule has 0 unspecified atom stereocenters. The summed E-state index contributed by atoms with van der Waals surface area (Å²) < 4.78 is 34.4. The highest BCUT2D eigenvalue weighted by Crippen LogP contribution is 2.34. The van der Waals surface area contributed by atoms with Crippen molar-refractivity contribution in [3.63, 3.8) is 0 Å². The average molecular weight is 542 g/mol. The molecule has 9 nitrogen and oxygen atoms in total. The van der Waals surface area contributed by atoms with Gasteiger partial charge in [0.25, 0.3) is 5.91 Å². The second-order valence-electron chi connectivity index (χ2n) is 10.0. The molecule has 1 aliphatic carbocycles. The third-order valence-corrected chi connectivity index (χ3v) is 7.13. The fraction of sp³-hybridized carbons (Fsp3) is 0.276. The average Bonchev–Trinajstić information content (AvgIpc) is 3.51. The largest absolute Gasteiger partial charge is 0.457 e. The molecule has 2 fully saturated rings. The topological polar surface area (TPSA) is 104 Å². The van der Waals surface area contributed by atoms with Gasteiger partial charge >= 0.3 is 0 Å². The third kappa shape index (κ3) is 5.08. The first-order valence-electron chi connectivity index (χ1n) is 13.0. The summed E-state index contributed by atoms with van der Waals surface area (Å²) in [7, 11) is 0. The molecule has 1 saturated heterocycles. The zero-order chi connectivity index (χ0) is 27.8. The Bertz CT molecular complexity index is 1650. The van der Waals surface area contributed by atoms with Crippen molar-refractivity contribution in [2.45, 2.75) is 38.3 Å². The number of fused-ring (bicyclic) bond motifs is 1. The van der Waals surface area contributed by atoms with Gasteiger partial charge in [0, 0.05) is 30.3 Å². The summed E-state index contributed by atoms with van der Waals surface area (Å²) in [6.45, 7) is 8.48. The number of nitrogens with two attached hydrogens (primary N) is 1. The third-order valence-electron chi connectivity index (χ3n) is 7.13. The molecule has 2 aliphatic rings. The second kappa shape index (κ2) is 10.4. The summed E-state index contributed by atoms with van der Waals surface area (Å²) in [5.41, 5.74) is 8.26.